The second kappa shape index (κ2) is 27.7. The molecule has 0 saturated carbocycles. The molecule has 61 heavy (non-hydrogen) atoms. The molecule has 0 aromatic heterocycles. The van der Waals surface area contributed by atoms with Crippen molar-refractivity contribution in [2.75, 3.05) is 0 Å². The van der Waals surface area contributed by atoms with Crippen LogP contribution >= 0.6 is 50.7 Å². The number of aryl methyl sites for hydroxylation is 3. The molecule has 6 aromatic carbocycles. The average Bonchev–Trinajstić information content (AvgIpc) is 3.16. The summed E-state index contributed by atoms with van der Waals surface area (Å²) in [5.74, 6) is 0.0215. The summed E-state index contributed by atoms with van der Waals surface area (Å²) in [6, 6.07) is 35.3. The summed E-state index contributed by atoms with van der Waals surface area (Å²) < 4.78 is 70.7. The van der Waals surface area contributed by atoms with Gasteiger partial charge in [0.2, 0.25) is 0 Å². The lowest BCUT2D eigenvalue weighted by atomic mass is 9.80. The van der Waals surface area contributed by atoms with Gasteiger partial charge in [-0.2, -0.15) is 21.6 Å². The van der Waals surface area contributed by atoms with Crippen LogP contribution in [0.1, 0.15) is 54.2 Å². The van der Waals surface area contributed by atoms with E-state index in [1.165, 1.54) is 23.8 Å². The molecule has 0 amide bonds. The Hall–Kier alpha value is -4.21. The van der Waals surface area contributed by atoms with Crippen LogP contribution in [0.25, 0.3) is 22.3 Å². The maximum absolute atomic E-state index is 12.4. The number of phenolic OH excluding ortho intramolecular Hbond substituents is 2. The number of halogens is 7. The molecule has 0 radical (unpaired) electrons. The first-order chi connectivity index (χ1) is 27.6. The van der Waals surface area contributed by atoms with Gasteiger partial charge in [0.15, 0.2) is 5.75 Å². The highest BCUT2D eigenvalue weighted by Gasteiger charge is 2.48. The van der Waals surface area contributed by atoms with Gasteiger partial charge in [0, 0.05) is 27.6 Å². The third kappa shape index (κ3) is 19.6. The highest BCUT2D eigenvalue weighted by atomic mass is 79.9. The van der Waals surface area contributed by atoms with Crippen molar-refractivity contribution in [3.8, 4) is 39.5 Å². The van der Waals surface area contributed by atoms with Gasteiger partial charge in [-0.05, 0) is 108 Å². The van der Waals surface area contributed by atoms with Gasteiger partial charge < -0.3 is 24.4 Å². The first-order valence-electron chi connectivity index (χ1n) is 17.6. The Morgan fingerprint density at radius 3 is 1.38 bits per heavy atom. The predicted octanol–water partition coefficient (Wildman–Crippen LogP) is 14.0. The normalized spacial score (nSPS) is 10.2. The summed E-state index contributed by atoms with van der Waals surface area (Å²) in [5.41, 5.74) is 0.660. The van der Waals surface area contributed by atoms with E-state index in [4.69, 9.17) is 51.3 Å². The fourth-order valence-corrected chi connectivity index (χ4v) is 5.89. The molecule has 6 aromatic rings. The van der Waals surface area contributed by atoms with E-state index in [9.17, 15) is 26.7 Å². The minimum atomic E-state index is -5.75. The highest BCUT2D eigenvalue weighted by Crippen LogP contribution is 2.36. The Kier molecular flexibility index (Phi) is 25.8. The third-order valence-corrected chi connectivity index (χ3v) is 9.70. The van der Waals surface area contributed by atoms with E-state index in [1.807, 2.05) is 57.2 Å². The van der Waals surface area contributed by atoms with Crippen LogP contribution in [-0.2, 0) is 10.1 Å². The maximum atomic E-state index is 12.4. The largest absolute Gasteiger partial charge is 0.534 e. The molecule has 332 valence electrons. The standard InChI is InChI=1S/C14H10ClF3O3S.C13H11ClO.C7H9BO2.C6H4BrClO.C2H6.3CH4/c1-9-2-4-10(5-3-9)12-8-11(15)6-7-13(12)21-22(19,20)14(16,17)18;1-9-2-4-10(5-3-9)12-8-11(14)6-7-13(12)15;1-6-2-4-7(5-3-6)8(9)10;7-5-3-4(8)1-2-6(5)9;1-2;;;/h2-8H,1H3;2-8,15H,1H3;2-5,9-10H,1H3;1-3,9H;1-2H3;3*1H4/i;;;;1D;;;. The molecule has 7 nitrogen and oxygen atoms in total. The topological polar surface area (TPSA) is 124 Å². The summed E-state index contributed by atoms with van der Waals surface area (Å²) in [6.45, 7) is 8.11. The zero-order chi connectivity index (χ0) is 44.5. The molecule has 16 heteroatoms. The van der Waals surface area contributed by atoms with Crippen molar-refractivity contribution in [2.45, 2.75) is 62.4 Å². The van der Waals surface area contributed by atoms with Gasteiger partial charge in [-0.15, -0.1) is 0 Å². The fourth-order valence-electron chi connectivity index (χ4n) is 4.39. The van der Waals surface area contributed by atoms with E-state index < -0.39 is 28.5 Å². The lowest BCUT2D eigenvalue weighted by Crippen LogP contribution is -2.29. The maximum Gasteiger partial charge on any atom is 0.534 e. The van der Waals surface area contributed by atoms with Gasteiger partial charge in [0.25, 0.3) is 0 Å². The van der Waals surface area contributed by atoms with E-state index in [1.54, 1.807) is 73.7 Å². The monoisotopic (exact) mass is 989 g/mol. The number of hydrogen-bond acceptors (Lipinski definition) is 7. The number of alkyl halides is 3. The second-order valence-electron chi connectivity index (χ2n) is 11.9. The molecule has 0 aliphatic heterocycles. The van der Waals surface area contributed by atoms with Crippen LogP contribution in [0.3, 0.4) is 0 Å². The first kappa shape index (κ1) is 56.8. The average molecular weight is 992 g/mol. The number of rotatable bonds is 5. The highest BCUT2D eigenvalue weighted by molar-refractivity contribution is 9.10. The minimum Gasteiger partial charge on any atom is -0.507 e. The van der Waals surface area contributed by atoms with Crippen molar-refractivity contribution in [2.24, 2.45) is 0 Å². The summed E-state index contributed by atoms with van der Waals surface area (Å²) in [5, 5.41) is 37.5. The smallest absolute Gasteiger partial charge is 0.507 e. The van der Waals surface area contributed by atoms with E-state index in [2.05, 4.69) is 20.1 Å². The van der Waals surface area contributed by atoms with Gasteiger partial charge in [-0.3, -0.25) is 0 Å². The molecule has 0 bridgehead atoms. The summed E-state index contributed by atoms with van der Waals surface area (Å²) in [6.07, 6.45) is 0. The van der Waals surface area contributed by atoms with Crippen LogP contribution in [0.4, 0.5) is 13.2 Å². The zero-order valence-corrected chi connectivity index (χ0v) is 36.1. The molecule has 4 N–H and O–H groups in total. The van der Waals surface area contributed by atoms with Crippen LogP contribution in [0.2, 0.25) is 15.1 Å². The van der Waals surface area contributed by atoms with Gasteiger partial charge in [0.05, 0.1) is 4.47 Å². The van der Waals surface area contributed by atoms with E-state index >= 15 is 0 Å². The van der Waals surface area contributed by atoms with E-state index in [0.717, 1.165) is 28.3 Å². The molecule has 0 heterocycles. The predicted molar refractivity (Wildman–Crippen MR) is 254 cm³/mol. The van der Waals surface area contributed by atoms with E-state index in [0.29, 0.717) is 32.4 Å². The molecule has 0 fully saturated rings. The second-order valence-corrected chi connectivity index (χ2v) is 15.6. The molecule has 0 aliphatic rings. The van der Waals surface area contributed by atoms with E-state index in [-0.39, 0.29) is 44.4 Å². The molecular weight excluding hydrogens is 939 g/mol. The molecule has 0 saturated heterocycles. The summed E-state index contributed by atoms with van der Waals surface area (Å²) in [4.78, 5) is 0. The molecule has 0 atom stereocenters. The van der Waals surface area contributed by atoms with Crippen LogP contribution in [0.15, 0.2) is 132 Å². The quantitative estimate of drug-likeness (QED) is 0.0770. The SMILES string of the molecule is C.C.C.Cc1ccc(-c2cc(Cl)ccc2O)cc1.Cc1ccc(-c2cc(Cl)ccc2OS(=O)(=O)C(F)(F)F)cc1.Cc1ccc(B(O)O)cc1.Oc1ccc(Cl)cc1Br.[2H]CC. The Morgan fingerprint density at radius 1 is 0.623 bits per heavy atom. The van der Waals surface area contributed by atoms with Gasteiger partial charge in [-0.25, -0.2) is 0 Å². The Morgan fingerprint density at radius 2 is 0.984 bits per heavy atom. The molecule has 0 spiro atoms. The Balaban J connectivity index is 0. The number of hydrogen-bond donors (Lipinski definition) is 4. The lowest BCUT2D eigenvalue weighted by Gasteiger charge is -2.13. The van der Waals surface area contributed by atoms with Crippen LogP contribution in [-0.4, -0.2) is 41.3 Å². The Bertz CT molecular complexity index is 2340. The summed E-state index contributed by atoms with van der Waals surface area (Å²) in [7, 11) is -7.09. The third-order valence-electron chi connectivity index (χ3n) is 7.39. The van der Waals surface area contributed by atoms with Gasteiger partial charge in [-0.1, -0.05) is 160 Å². The number of benzene rings is 6. The molecule has 0 aliphatic carbocycles. The van der Waals surface area contributed by atoms with Crippen molar-refractivity contribution in [3.05, 3.63) is 164 Å². The lowest BCUT2D eigenvalue weighted by molar-refractivity contribution is -0.0499. The van der Waals surface area contributed by atoms with Crippen molar-refractivity contribution >= 4 is 73.4 Å². The fraction of sp³-hybridized carbons (Fsp3) is 0.200. The van der Waals surface area contributed by atoms with Crippen molar-refractivity contribution < 1.29 is 47.4 Å². The Labute approximate surface area is 384 Å². The van der Waals surface area contributed by atoms with Crippen LogP contribution in [0.5, 0.6) is 17.2 Å². The van der Waals surface area contributed by atoms with Crippen molar-refractivity contribution in [3.63, 3.8) is 0 Å². The first-order valence-corrected chi connectivity index (χ1v) is 20.2. The van der Waals surface area contributed by atoms with Crippen LogP contribution < -0.4 is 9.65 Å². The number of aromatic hydroxyl groups is 2. The molecular formula is C45H52BBrCl3F3O7S. The van der Waals surface area contributed by atoms with Crippen molar-refractivity contribution in [1.82, 2.24) is 0 Å². The summed E-state index contributed by atoms with van der Waals surface area (Å²) >= 11 is 20.4. The zero-order valence-electron chi connectivity index (χ0n) is 32.5. The van der Waals surface area contributed by atoms with Crippen LogP contribution in [0, 0.1) is 20.8 Å². The number of phenols is 2. The van der Waals surface area contributed by atoms with Crippen molar-refractivity contribution in [1.29, 1.82) is 0 Å². The van der Waals surface area contributed by atoms with Gasteiger partial charge in [0.1, 0.15) is 11.5 Å². The van der Waals surface area contributed by atoms with Gasteiger partial charge >= 0.3 is 22.7 Å². The molecule has 0 unspecified atom stereocenters. The molecule has 6 rings (SSSR count). The minimum absolute atomic E-state index is 0.